The van der Waals surface area contributed by atoms with Crippen molar-refractivity contribution in [2.45, 2.75) is 33.1 Å². The van der Waals surface area contributed by atoms with Crippen LogP contribution in [-0.4, -0.2) is 46.8 Å². The quantitative estimate of drug-likeness (QED) is 0.639. The van der Waals surface area contributed by atoms with E-state index in [9.17, 15) is 9.59 Å². The molecule has 166 valence electrons. The highest BCUT2D eigenvalue weighted by Gasteiger charge is 2.43. The van der Waals surface area contributed by atoms with Crippen LogP contribution in [0.15, 0.2) is 48.0 Å². The third kappa shape index (κ3) is 4.43. The largest absolute Gasteiger partial charge is 0.359 e. The molecule has 1 aromatic carbocycles. The van der Waals surface area contributed by atoms with Crippen molar-refractivity contribution in [3.8, 4) is 10.4 Å². The van der Waals surface area contributed by atoms with Crippen LogP contribution in [0.2, 0.25) is 0 Å². The minimum Gasteiger partial charge on any atom is -0.359 e. The lowest BCUT2D eigenvalue weighted by molar-refractivity contribution is -0.133. The van der Waals surface area contributed by atoms with Crippen molar-refractivity contribution in [3.05, 3.63) is 70.6 Å². The minimum absolute atomic E-state index is 0.0200. The van der Waals surface area contributed by atoms with Crippen LogP contribution >= 0.6 is 11.3 Å². The van der Waals surface area contributed by atoms with Crippen LogP contribution in [0.4, 0.5) is 0 Å². The van der Waals surface area contributed by atoms with Gasteiger partial charge in [0.1, 0.15) is 5.82 Å². The Morgan fingerprint density at radius 2 is 2.06 bits per heavy atom. The van der Waals surface area contributed by atoms with Crippen molar-refractivity contribution in [1.29, 1.82) is 0 Å². The number of carbonyl (C=O) groups is 2. The first-order valence-electron chi connectivity index (χ1n) is 10.9. The molecule has 32 heavy (non-hydrogen) atoms. The zero-order valence-corrected chi connectivity index (χ0v) is 19.5. The van der Waals surface area contributed by atoms with E-state index in [0.29, 0.717) is 36.6 Å². The van der Waals surface area contributed by atoms with Gasteiger partial charge in [0.2, 0.25) is 5.91 Å². The molecule has 0 saturated carbocycles. The molecule has 1 fully saturated rings. The number of benzene rings is 1. The molecule has 3 aromatic rings. The summed E-state index contributed by atoms with van der Waals surface area (Å²) in [5, 5.41) is 4.92. The van der Waals surface area contributed by atoms with E-state index in [1.165, 1.54) is 4.88 Å². The summed E-state index contributed by atoms with van der Waals surface area (Å²) in [4.78, 5) is 38.0. The fraction of sp³-hybridized carbons (Fsp3) is 0.360. The zero-order chi connectivity index (χ0) is 22.7. The van der Waals surface area contributed by atoms with Crippen molar-refractivity contribution < 1.29 is 9.59 Å². The van der Waals surface area contributed by atoms with Crippen LogP contribution in [0.3, 0.4) is 0 Å². The first-order valence-corrected chi connectivity index (χ1v) is 11.7. The Kier molecular flexibility index (Phi) is 6.37. The topological polar surface area (TPSA) is 75.2 Å². The maximum atomic E-state index is 13.3. The minimum atomic E-state index is -0.670. The fourth-order valence-corrected chi connectivity index (χ4v) is 5.34. The Balaban J connectivity index is 1.62. The predicted molar refractivity (Wildman–Crippen MR) is 127 cm³/mol. The van der Waals surface area contributed by atoms with Crippen LogP contribution in [-0.2, 0) is 11.2 Å². The highest BCUT2D eigenvalue weighted by atomic mass is 32.1. The number of piperidine rings is 1. The number of likely N-dealkylation sites (tertiary alicyclic amines) is 1. The van der Waals surface area contributed by atoms with Crippen LogP contribution in [0.5, 0.6) is 0 Å². The van der Waals surface area contributed by atoms with Crippen molar-refractivity contribution in [1.82, 2.24) is 20.2 Å². The Morgan fingerprint density at radius 1 is 1.22 bits per heavy atom. The Bertz CT molecular complexity index is 1130. The van der Waals surface area contributed by atoms with Gasteiger partial charge in [-0.2, -0.15) is 0 Å². The third-order valence-electron chi connectivity index (χ3n) is 6.18. The van der Waals surface area contributed by atoms with Gasteiger partial charge in [0.25, 0.3) is 5.91 Å². The molecule has 2 amide bonds. The highest BCUT2D eigenvalue weighted by Crippen LogP contribution is 2.36. The summed E-state index contributed by atoms with van der Waals surface area (Å²) < 4.78 is 0. The van der Waals surface area contributed by atoms with Crippen LogP contribution in [0.25, 0.3) is 10.4 Å². The first kappa shape index (κ1) is 22.1. The smallest absolute Gasteiger partial charge is 0.257 e. The molecule has 2 aromatic heterocycles. The molecule has 0 bridgehead atoms. The van der Waals surface area contributed by atoms with E-state index in [2.05, 4.69) is 44.9 Å². The van der Waals surface area contributed by atoms with Gasteiger partial charge in [-0.15, -0.1) is 11.3 Å². The lowest BCUT2D eigenvalue weighted by atomic mass is 9.74. The lowest BCUT2D eigenvalue weighted by Gasteiger charge is -2.41. The maximum absolute atomic E-state index is 13.3. The van der Waals surface area contributed by atoms with Gasteiger partial charge in [-0.1, -0.05) is 30.3 Å². The molecule has 7 heteroatoms. The summed E-state index contributed by atoms with van der Waals surface area (Å²) in [5.74, 6) is 0.513. The number of rotatable bonds is 5. The Morgan fingerprint density at radius 3 is 2.78 bits per heavy atom. The van der Waals surface area contributed by atoms with Gasteiger partial charge < -0.3 is 10.2 Å². The summed E-state index contributed by atoms with van der Waals surface area (Å²) >= 11 is 1.70. The molecule has 1 saturated heterocycles. The van der Waals surface area contributed by atoms with Gasteiger partial charge in [0.15, 0.2) is 0 Å². The number of carbonyl (C=O) groups excluding carboxylic acids is 2. The van der Waals surface area contributed by atoms with Crippen molar-refractivity contribution in [2.75, 3.05) is 20.1 Å². The van der Waals surface area contributed by atoms with Gasteiger partial charge >= 0.3 is 0 Å². The maximum Gasteiger partial charge on any atom is 0.257 e. The molecule has 1 atom stereocenters. The molecule has 0 aliphatic carbocycles. The lowest BCUT2D eigenvalue weighted by Crippen LogP contribution is -2.54. The standard InChI is InChI=1S/C25H28N4O2S/c1-17-21(15-27-18(2)28-17)23(30)29-11-6-10-25(16-29,24(31)26-3)14-19-7-4-8-20(13-19)22-9-5-12-32-22/h4-5,7-9,12-13,15H,6,10-11,14,16H2,1-3H3,(H,26,31). The second-order valence-corrected chi connectivity index (χ2v) is 9.41. The summed E-state index contributed by atoms with van der Waals surface area (Å²) in [6, 6.07) is 12.5. The van der Waals surface area contributed by atoms with E-state index in [-0.39, 0.29) is 11.8 Å². The monoisotopic (exact) mass is 448 g/mol. The zero-order valence-electron chi connectivity index (χ0n) is 18.7. The third-order valence-corrected chi connectivity index (χ3v) is 7.10. The second kappa shape index (κ2) is 9.20. The number of nitrogens with zero attached hydrogens (tertiary/aromatic N) is 3. The number of hydrogen-bond acceptors (Lipinski definition) is 5. The molecule has 1 aliphatic heterocycles. The van der Waals surface area contributed by atoms with Gasteiger partial charge in [-0.3, -0.25) is 9.59 Å². The summed E-state index contributed by atoms with van der Waals surface area (Å²) in [6.45, 7) is 4.64. The molecule has 0 radical (unpaired) electrons. The number of hydrogen-bond donors (Lipinski definition) is 1. The van der Waals surface area contributed by atoms with Gasteiger partial charge in [0.05, 0.1) is 16.7 Å². The molecule has 1 aliphatic rings. The summed E-state index contributed by atoms with van der Waals surface area (Å²) in [6.07, 6.45) is 3.69. The van der Waals surface area contributed by atoms with Crippen molar-refractivity contribution in [2.24, 2.45) is 5.41 Å². The average Bonchev–Trinajstić information content (AvgIpc) is 3.33. The van der Waals surface area contributed by atoms with Crippen molar-refractivity contribution in [3.63, 3.8) is 0 Å². The van der Waals surface area contributed by atoms with Gasteiger partial charge in [-0.25, -0.2) is 9.97 Å². The predicted octanol–water partition coefficient (Wildman–Crippen LogP) is 4.03. The average molecular weight is 449 g/mol. The molecular formula is C25H28N4O2S. The van der Waals surface area contributed by atoms with E-state index < -0.39 is 5.41 Å². The second-order valence-electron chi connectivity index (χ2n) is 8.46. The molecule has 4 rings (SSSR count). The summed E-state index contributed by atoms with van der Waals surface area (Å²) in [5.41, 5.74) is 2.76. The number of aromatic nitrogens is 2. The van der Waals surface area contributed by atoms with E-state index >= 15 is 0 Å². The molecule has 1 N–H and O–H groups in total. The molecular weight excluding hydrogens is 420 g/mol. The molecule has 0 spiro atoms. The van der Waals surface area contributed by atoms with Crippen LogP contribution in [0, 0.1) is 19.3 Å². The number of nitrogens with one attached hydrogen (secondary N) is 1. The molecule has 6 nitrogen and oxygen atoms in total. The van der Waals surface area contributed by atoms with E-state index in [1.807, 2.05) is 26.0 Å². The number of thiophene rings is 1. The Labute approximate surface area is 192 Å². The van der Waals surface area contributed by atoms with E-state index in [1.54, 1.807) is 29.5 Å². The van der Waals surface area contributed by atoms with Crippen LogP contribution < -0.4 is 5.32 Å². The van der Waals surface area contributed by atoms with Crippen LogP contribution in [0.1, 0.15) is 40.3 Å². The normalized spacial score (nSPS) is 18.4. The molecule has 3 heterocycles. The SMILES string of the molecule is CNC(=O)C1(Cc2cccc(-c3cccs3)c2)CCCN(C(=O)c2cnc(C)nc2C)C1. The van der Waals surface area contributed by atoms with E-state index in [0.717, 1.165) is 24.0 Å². The van der Waals surface area contributed by atoms with E-state index in [4.69, 9.17) is 0 Å². The summed E-state index contributed by atoms with van der Waals surface area (Å²) in [7, 11) is 1.67. The van der Waals surface area contributed by atoms with Gasteiger partial charge in [-0.05, 0) is 55.7 Å². The van der Waals surface area contributed by atoms with Gasteiger partial charge in [0, 0.05) is 31.2 Å². The number of amides is 2. The molecule has 1 unspecified atom stereocenters. The Hall–Kier alpha value is -3.06. The fourth-order valence-electron chi connectivity index (χ4n) is 4.61. The number of aryl methyl sites for hydroxylation is 2. The highest BCUT2D eigenvalue weighted by molar-refractivity contribution is 7.13. The van der Waals surface area contributed by atoms with Crippen molar-refractivity contribution >= 4 is 23.2 Å². The first-order chi connectivity index (χ1) is 15.4.